The Hall–Kier alpha value is -3.22. The van der Waals surface area contributed by atoms with Crippen LogP contribution < -0.4 is 10.1 Å². The van der Waals surface area contributed by atoms with E-state index in [0.29, 0.717) is 28.8 Å². The van der Waals surface area contributed by atoms with E-state index < -0.39 is 0 Å². The fourth-order valence-electron chi connectivity index (χ4n) is 1.88. The monoisotopic (exact) mass is 310 g/mol. The summed E-state index contributed by atoms with van der Waals surface area (Å²) < 4.78 is 10.5. The molecule has 1 amide bonds. The number of nitrogens with zero attached hydrogens (tertiary/aromatic N) is 3. The lowest BCUT2D eigenvalue weighted by atomic mass is 10.2. The van der Waals surface area contributed by atoms with Gasteiger partial charge in [0, 0.05) is 17.7 Å². The van der Waals surface area contributed by atoms with Crippen molar-refractivity contribution in [2.45, 2.75) is 13.8 Å². The highest BCUT2D eigenvalue weighted by atomic mass is 16.5. The van der Waals surface area contributed by atoms with Gasteiger partial charge in [0.2, 0.25) is 5.88 Å². The van der Waals surface area contributed by atoms with E-state index in [1.165, 1.54) is 0 Å². The average Bonchev–Trinajstić information content (AvgIpc) is 2.95. The van der Waals surface area contributed by atoms with Crippen LogP contribution in [0, 0.1) is 13.8 Å². The molecule has 0 aliphatic carbocycles. The summed E-state index contributed by atoms with van der Waals surface area (Å²) in [6.45, 7) is 3.59. The van der Waals surface area contributed by atoms with Crippen molar-refractivity contribution in [2.75, 3.05) is 5.32 Å². The Morgan fingerprint density at radius 2 is 2.00 bits per heavy atom. The lowest BCUT2D eigenvalue weighted by Gasteiger charge is -2.06. The zero-order valence-electron chi connectivity index (χ0n) is 12.6. The maximum Gasteiger partial charge on any atom is 0.257 e. The van der Waals surface area contributed by atoms with E-state index in [1.807, 2.05) is 6.92 Å². The number of ether oxygens (including phenoxy) is 1. The molecule has 0 spiro atoms. The van der Waals surface area contributed by atoms with Gasteiger partial charge in [0.1, 0.15) is 11.5 Å². The van der Waals surface area contributed by atoms with Crippen LogP contribution in [0.15, 0.2) is 47.0 Å². The first-order valence-electron chi connectivity index (χ1n) is 6.93. The van der Waals surface area contributed by atoms with Crippen molar-refractivity contribution in [1.29, 1.82) is 0 Å². The number of aromatic nitrogens is 3. The Balaban J connectivity index is 1.73. The van der Waals surface area contributed by atoms with Crippen LogP contribution in [0.2, 0.25) is 0 Å². The quantitative estimate of drug-likeness (QED) is 0.796. The van der Waals surface area contributed by atoms with Crippen LogP contribution in [-0.2, 0) is 0 Å². The highest BCUT2D eigenvalue weighted by Gasteiger charge is 2.10. The number of carbonyl (C=O) groups is 1. The number of aryl methyl sites for hydroxylation is 2. The number of amides is 1. The summed E-state index contributed by atoms with van der Waals surface area (Å²) in [4.78, 5) is 12.2. The van der Waals surface area contributed by atoms with Crippen LogP contribution in [-0.4, -0.2) is 21.3 Å². The predicted octanol–water partition coefficient (Wildman–Crippen LogP) is 3.13. The highest BCUT2D eigenvalue weighted by Crippen LogP contribution is 2.20. The molecule has 0 radical (unpaired) electrons. The smallest absolute Gasteiger partial charge is 0.257 e. The molecule has 7 nitrogen and oxygen atoms in total. The molecule has 2 heterocycles. The maximum atomic E-state index is 12.2. The number of benzene rings is 1. The summed E-state index contributed by atoms with van der Waals surface area (Å²) >= 11 is 0. The van der Waals surface area contributed by atoms with Gasteiger partial charge in [-0.05, 0) is 38.1 Å². The third-order valence-electron chi connectivity index (χ3n) is 2.96. The van der Waals surface area contributed by atoms with Gasteiger partial charge in [0.25, 0.3) is 5.91 Å². The van der Waals surface area contributed by atoms with Gasteiger partial charge in [-0.25, -0.2) is 0 Å². The third-order valence-corrected chi connectivity index (χ3v) is 2.96. The fraction of sp³-hybridized carbons (Fsp3) is 0.125. The van der Waals surface area contributed by atoms with E-state index in [4.69, 9.17) is 9.26 Å². The molecule has 2 aromatic heterocycles. The molecule has 0 saturated carbocycles. The van der Waals surface area contributed by atoms with Crippen LogP contribution in [0.4, 0.5) is 5.82 Å². The number of nitrogens with one attached hydrogen (secondary N) is 1. The number of rotatable bonds is 4. The average molecular weight is 310 g/mol. The van der Waals surface area contributed by atoms with E-state index in [-0.39, 0.29) is 5.91 Å². The topological polar surface area (TPSA) is 90.1 Å². The molecule has 0 aliphatic rings. The Morgan fingerprint density at radius 1 is 1.13 bits per heavy atom. The van der Waals surface area contributed by atoms with Crippen LogP contribution in [0.3, 0.4) is 0 Å². The molecule has 1 N–H and O–H groups in total. The molecule has 3 rings (SSSR count). The molecular weight excluding hydrogens is 296 g/mol. The minimum absolute atomic E-state index is 0.307. The summed E-state index contributed by atoms with van der Waals surface area (Å²) in [5, 5.41) is 14.2. The SMILES string of the molecule is Cc1ccc(Oc2cccc(C(=O)Nc3cc(C)on3)c2)nn1. The molecule has 0 saturated heterocycles. The normalized spacial score (nSPS) is 10.3. The number of hydrogen-bond acceptors (Lipinski definition) is 6. The molecule has 0 aliphatic heterocycles. The molecule has 116 valence electrons. The van der Waals surface area contributed by atoms with E-state index in [2.05, 4.69) is 20.7 Å². The van der Waals surface area contributed by atoms with Crippen LogP contribution >= 0.6 is 0 Å². The van der Waals surface area contributed by atoms with Crippen molar-refractivity contribution in [3.05, 3.63) is 59.5 Å². The van der Waals surface area contributed by atoms with Crippen molar-refractivity contribution in [3.63, 3.8) is 0 Å². The van der Waals surface area contributed by atoms with Gasteiger partial charge in [-0.2, -0.15) is 5.10 Å². The second kappa shape index (κ2) is 6.27. The van der Waals surface area contributed by atoms with Crippen molar-refractivity contribution >= 4 is 11.7 Å². The van der Waals surface area contributed by atoms with E-state index in [0.717, 1.165) is 5.69 Å². The van der Waals surface area contributed by atoms with Gasteiger partial charge >= 0.3 is 0 Å². The lowest BCUT2D eigenvalue weighted by molar-refractivity contribution is 0.102. The molecular formula is C16H14N4O3. The first kappa shape index (κ1) is 14.7. The molecule has 0 fully saturated rings. The minimum Gasteiger partial charge on any atom is -0.438 e. The van der Waals surface area contributed by atoms with Gasteiger partial charge < -0.3 is 14.6 Å². The van der Waals surface area contributed by atoms with E-state index in [1.54, 1.807) is 49.4 Å². The summed E-state index contributed by atoms with van der Waals surface area (Å²) in [6, 6.07) is 11.9. The Bertz CT molecular complexity index is 827. The molecule has 0 bridgehead atoms. The molecule has 0 atom stereocenters. The summed E-state index contributed by atoms with van der Waals surface area (Å²) in [5.74, 6) is 1.53. The predicted molar refractivity (Wildman–Crippen MR) is 82.5 cm³/mol. The van der Waals surface area contributed by atoms with E-state index in [9.17, 15) is 4.79 Å². The van der Waals surface area contributed by atoms with Crippen molar-refractivity contribution in [2.24, 2.45) is 0 Å². The number of hydrogen-bond donors (Lipinski definition) is 1. The Morgan fingerprint density at radius 3 is 2.70 bits per heavy atom. The molecule has 23 heavy (non-hydrogen) atoms. The molecule has 3 aromatic rings. The lowest BCUT2D eigenvalue weighted by Crippen LogP contribution is -2.12. The third kappa shape index (κ3) is 3.70. The standard InChI is InChI=1S/C16H14N4O3/c1-10-6-7-15(19-18-10)22-13-5-3-4-12(9-13)16(21)17-14-8-11(2)23-20-14/h3-9H,1-2H3,(H,17,20,21). The zero-order chi connectivity index (χ0) is 16.2. The maximum absolute atomic E-state index is 12.2. The highest BCUT2D eigenvalue weighted by molar-refractivity contribution is 6.03. The molecule has 7 heteroatoms. The summed E-state index contributed by atoms with van der Waals surface area (Å²) in [7, 11) is 0. The second-order valence-electron chi connectivity index (χ2n) is 4.92. The minimum atomic E-state index is -0.307. The van der Waals surface area contributed by atoms with Crippen LogP contribution in [0.25, 0.3) is 0 Å². The van der Waals surface area contributed by atoms with Crippen molar-refractivity contribution in [1.82, 2.24) is 15.4 Å². The van der Waals surface area contributed by atoms with Gasteiger partial charge in [-0.15, -0.1) is 5.10 Å². The summed E-state index contributed by atoms with van der Waals surface area (Å²) in [6.07, 6.45) is 0. The van der Waals surface area contributed by atoms with Crippen molar-refractivity contribution in [3.8, 4) is 11.6 Å². The van der Waals surface area contributed by atoms with Crippen LogP contribution in [0.1, 0.15) is 21.8 Å². The number of anilines is 1. The van der Waals surface area contributed by atoms with E-state index >= 15 is 0 Å². The molecule has 1 aromatic carbocycles. The zero-order valence-corrected chi connectivity index (χ0v) is 12.6. The Labute approximate surface area is 132 Å². The largest absolute Gasteiger partial charge is 0.438 e. The number of carbonyl (C=O) groups excluding carboxylic acids is 1. The fourth-order valence-corrected chi connectivity index (χ4v) is 1.88. The first-order valence-corrected chi connectivity index (χ1v) is 6.93. The second-order valence-corrected chi connectivity index (χ2v) is 4.92. The molecule has 0 unspecified atom stereocenters. The van der Waals surface area contributed by atoms with Crippen molar-refractivity contribution < 1.29 is 14.1 Å². The van der Waals surface area contributed by atoms with Crippen LogP contribution in [0.5, 0.6) is 11.6 Å². The van der Waals surface area contributed by atoms with Gasteiger partial charge in [0.05, 0.1) is 5.69 Å². The van der Waals surface area contributed by atoms with Gasteiger partial charge in [-0.1, -0.05) is 11.2 Å². The van der Waals surface area contributed by atoms with Gasteiger partial charge in [0.15, 0.2) is 5.82 Å². The van der Waals surface area contributed by atoms with Gasteiger partial charge in [-0.3, -0.25) is 4.79 Å². The Kier molecular flexibility index (Phi) is 4.01. The summed E-state index contributed by atoms with van der Waals surface area (Å²) in [5.41, 5.74) is 1.23. The first-order chi connectivity index (χ1) is 11.1.